The molecule has 0 fully saturated rings. The normalized spacial score (nSPS) is 10.3. The fourth-order valence-corrected chi connectivity index (χ4v) is 2.48. The van der Waals surface area contributed by atoms with Gasteiger partial charge in [0.25, 0.3) is 5.56 Å². The molecule has 1 heterocycles. The maximum absolute atomic E-state index is 12.0. The standard InChI is InChI=1S/C13H11BrIN3O2/c1-8-16-6-11(15)13(20)18(8)7-12(19)17-10-4-2-3-9(14)5-10/h2-6H,7H2,1H3,(H,17,19). The predicted octanol–water partition coefficient (Wildman–Crippen LogP) is 2.56. The maximum atomic E-state index is 12.0. The molecule has 0 aliphatic rings. The molecule has 1 aromatic heterocycles. The van der Waals surface area contributed by atoms with Crippen LogP contribution < -0.4 is 10.9 Å². The van der Waals surface area contributed by atoms with Crippen molar-refractivity contribution in [2.24, 2.45) is 0 Å². The minimum absolute atomic E-state index is 0.0545. The summed E-state index contributed by atoms with van der Waals surface area (Å²) in [4.78, 5) is 28.0. The van der Waals surface area contributed by atoms with Gasteiger partial charge in [-0.1, -0.05) is 22.0 Å². The van der Waals surface area contributed by atoms with Gasteiger partial charge in [-0.2, -0.15) is 0 Å². The molecule has 2 rings (SSSR count). The molecule has 2 aromatic rings. The number of hydrogen-bond acceptors (Lipinski definition) is 3. The molecule has 0 aliphatic heterocycles. The van der Waals surface area contributed by atoms with Crippen LogP contribution in [0.1, 0.15) is 5.82 Å². The Morgan fingerprint density at radius 1 is 1.50 bits per heavy atom. The first-order chi connectivity index (χ1) is 9.47. The topological polar surface area (TPSA) is 64.0 Å². The van der Waals surface area contributed by atoms with Gasteiger partial charge in [-0.25, -0.2) is 4.98 Å². The molecule has 0 saturated heterocycles. The third-order valence-electron chi connectivity index (χ3n) is 2.61. The number of hydrogen-bond donors (Lipinski definition) is 1. The number of aromatic nitrogens is 2. The van der Waals surface area contributed by atoms with Crippen LogP contribution in [0, 0.1) is 10.5 Å². The number of carbonyl (C=O) groups is 1. The van der Waals surface area contributed by atoms with Gasteiger partial charge in [0.2, 0.25) is 5.91 Å². The zero-order valence-electron chi connectivity index (χ0n) is 10.6. The van der Waals surface area contributed by atoms with E-state index in [1.807, 2.05) is 34.7 Å². The number of anilines is 1. The molecule has 1 N–H and O–H groups in total. The van der Waals surface area contributed by atoms with Gasteiger partial charge in [0.15, 0.2) is 0 Å². The van der Waals surface area contributed by atoms with Crippen LogP contribution in [-0.4, -0.2) is 15.5 Å². The Balaban J connectivity index is 2.17. The highest BCUT2D eigenvalue weighted by atomic mass is 127. The highest BCUT2D eigenvalue weighted by Crippen LogP contribution is 2.15. The second kappa shape index (κ2) is 6.49. The molecule has 0 radical (unpaired) electrons. The van der Waals surface area contributed by atoms with Crippen LogP contribution in [0.3, 0.4) is 0 Å². The Morgan fingerprint density at radius 2 is 2.25 bits per heavy atom. The van der Waals surface area contributed by atoms with E-state index < -0.39 is 0 Å². The van der Waals surface area contributed by atoms with Crippen LogP contribution in [-0.2, 0) is 11.3 Å². The van der Waals surface area contributed by atoms with Crippen LogP contribution in [0.2, 0.25) is 0 Å². The lowest BCUT2D eigenvalue weighted by Crippen LogP contribution is -2.31. The molecule has 20 heavy (non-hydrogen) atoms. The van der Waals surface area contributed by atoms with Crippen molar-refractivity contribution in [3.05, 3.63) is 54.7 Å². The fourth-order valence-electron chi connectivity index (χ4n) is 1.65. The quantitative estimate of drug-likeness (QED) is 0.735. The average Bonchev–Trinajstić information content (AvgIpc) is 2.39. The number of nitrogens with zero attached hydrogens (tertiary/aromatic N) is 2. The lowest BCUT2D eigenvalue weighted by molar-refractivity contribution is -0.116. The molecule has 0 bridgehead atoms. The van der Waals surface area contributed by atoms with E-state index in [1.54, 1.807) is 19.1 Å². The van der Waals surface area contributed by atoms with E-state index in [9.17, 15) is 9.59 Å². The van der Waals surface area contributed by atoms with Crippen molar-refractivity contribution in [2.45, 2.75) is 13.5 Å². The van der Waals surface area contributed by atoms with Gasteiger partial charge in [-0.05, 0) is 47.7 Å². The summed E-state index contributed by atoms with van der Waals surface area (Å²) in [5, 5.41) is 2.75. The average molecular weight is 448 g/mol. The molecule has 0 spiro atoms. The Bertz CT molecular complexity index is 715. The van der Waals surface area contributed by atoms with E-state index in [-0.39, 0.29) is 18.0 Å². The Kier molecular flexibility index (Phi) is 4.92. The van der Waals surface area contributed by atoms with Crippen molar-refractivity contribution in [1.82, 2.24) is 9.55 Å². The summed E-state index contributed by atoms with van der Waals surface area (Å²) < 4.78 is 2.72. The monoisotopic (exact) mass is 447 g/mol. The van der Waals surface area contributed by atoms with Gasteiger partial charge >= 0.3 is 0 Å². The molecule has 0 aliphatic carbocycles. The third kappa shape index (κ3) is 3.66. The number of amides is 1. The predicted molar refractivity (Wildman–Crippen MR) is 88.7 cm³/mol. The number of nitrogens with one attached hydrogen (secondary N) is 1. The summed E-state index contributed by atoms with van der Waals surface area (Å²) in [6.07, 6.45) is 1.50. The van der Waals surface area contributed by atoms with E-state index in [0.29, 0.717) is 15.1 Å². The highest BCUT2D eigenvalue weighted by molar-refractivity contribution is 14.1. The van der Waals surface area contributed by atoms with Gasteiger partial charge in [0.05, 0.1) is 3.57 Å². The molecule has 0 atom stereocenters. The largest absolute Gasteiger partial charge is 0.324 e. The van der Waals surface area contributed by atoms with Gasteiger partial charge in [-0.3, -0.25) is 14.2 Å². The SMILES string of the molecule is Cc1ncc(I)c(=O)n1CC(=O)Nc1cccc(Br)c1. The van der Waals surface area contributed by atoms with Crippen molar-refractivity contribution in [3.63, 3.8) is 0 Å². The maximum Gasteiger partial charge on any atom is 0.267 e. The molecule has 0 unspecified atom stereocenters. The molecule has 1 aromatic carbocycles. The van der Waals surface area contributed by atoms with E-state index in [2.05, 4.69) is 26.2 Å². The van der Waals surface area contributed by atoms with Crippen LogP contribution >= 0.6 is 38.5 Å². The van der Waals surface area contributed by atoms with E-state index >= 15 is 0 Å². The summed E-state index contributed by atoms with van der Waals surface area (Å²) in [6, 6.07) is 7.27. The third-order valence-corrected chi connectivity index (χ3v) is 3.85. The van der Waals surface area contributed by atoms with E-state index in [1.165, 1.54) is 10.8 Å². The van der Waals surface area contributed by atoms with Crippen molar-refractivity contribution in [2.75, 3.05) is 5.32 Å². The zero-order valence-corrected chi connectivity index (χ0v) is 14.3. The molecule has 0 saturated carbocycles. The van der Waals surface area contributed by atoms with Crippen molar-refractivity contribution in [1.29, 1.82) is 0 Å². The van der Waals surface area contributed by atoms with Gasteiger partial charge < -0.3 is 5.32 Å². The molecule has 5 nitrogen and oxygen atoms in total. The Labute approximate surface area is 137 Å². The number of halogens is 2. The van der Waals surface area contributed by atoms with Crippen molar-refractivity contribution < 1.29 is 4.79 Å². The molecule has 7 heteroatoms. The Morgan fingerprint density at radius 3 is 2.95 bits per heavy atom. The van der Waals surface area contributed by atoms with Crippen LogP contribution in [0.25, 0.3) is 0 Å². The van der Waals surface area contributed by atoms with Gasteiger partial charge in [0, 0.05) is 16.4 Å². The Hall–Kier alpha value is -1.22. The molecule has 104 valence electrons. The summed E-state index contributed by atoms with van der Waals surface area (Å²) in [5.41, 5.74) is 0.469. The molecular weight excluding hydrogens is 437 g/mol. The minimum Gasteiger partial charge on any atom is -0.324 e. The van der Waals surface area contributed by atoms with E-state index in [4.69, 9.17) is 0 Å². The molecular formula is C13H11BrIN3O2. The van der Waals surface area contributed by atoms with E-state index in [0.717, 1.165) is 4.47 Å². The first-order valence-electron chi connectivity index (χ1n) is 5.75. The van der Waals surface area contributed by atoms with Gasteiger partial charge in [-0.15, -0.1) is 0 Å². The summed E-state index contributed by atoms with van der Waals surface area (Å²) in [5.74, 6) is 0.247. The smallest absolute Gasteiger partial charge is 0.267 e. The number of benzene rings is 1. The molecule has 1 amide bonds. The first kappa shape index (κ1) is 15.2. The van der Waals surface area contributed by atoms with Crippen molar-refractivity contribution >= 4 is 50.1 Å². The van der Waals surface area contributed by atoms with Gasteiger partial charge in [0.1, 0.15) is 12.4 Å². The minimum atomic E-state index is -0.267. The highest BCUT2D eigenvalue weighted by Gasteiger charge is 2.10. The van der Waals surface area contributed by atoms with Crippen LogP contribution in [0.5, 0.6) is 0 Å². The summed E-state index contributed by atoms with van der Waals surface area (Å²) in [6.45, 7) is 1.64. The lowest BCUT2D eigenvalue weighted by Gasteiger charge is -2.10. The first-order valence-corrected chi connectivity index (χ1v) is 7.62. The number of carbonyl (C=O) groups excluding carboxylic acids is 1. The number of rotatable bonds is 3. The summed E-state index contributed by atoms with van der Waals surface area (Å²) >= 11 is 5.24. The summed E-state index contributed by atoms with van der Waals surface area (Å²) in [7, 11) is 0. The fraction of sp³-hybridized carbons (Fsp3) is 0.154. The zero-order chi connectivity index (χ0) is 14.7. The second-order valence-electron chi connectivity index (χ2n) is 4.10. The number of aryl methyl sites for hydroxylation is 1. The van der Waals surface area contributed by atoms with Crippen molar-refractivity contribution in [3.8, 4) is 0 Å². The van der Waals surface area contributed by atoms with Crippen LogP contribution in [0.4, 0.5) is 5.69 Å². The van der Waals surface area contributed by atoms with Crippen LogP contribution in [0.15, 0.2) is 39.7 Å². The second-order valence-corrected chi connectivity index (χ2v) is 6.18. The lowest BCUT2D eigenvalue weighted by atomic mass is 10.3.